The van der Waals surface area contributed by atoms with Crippen molar-refractivity contribution in [2.75, 3.05) is 11.4 Å². The highest BCUT2D eigenvalue weighted by Crippen LogP contribution is 2.50. The Morgan fingerprint density at radius 2 is 1.62 bits per heavy atom. The molecule has 3 heterocycles. The van der Waals surface area contributed by atoms with Crippen molar-refractivity contribution in [3.8, 4) is 0 Å². The molecule has 0 N–H and O–H groups in total. The Morgan fingerprint density at radius 3 is 2.42 bits per heavy atom. The molecule has 0 radical (unpaired) electrons. The van der Waals surface area contributed by atoms with Gasteiger partial charge in [0.15, 0.2) is 0 Å². The van der Waals surface area contributed by atoms with Gasteiger partial charge in [-0.2, -0.15) is 0 Å². The van der Waals surface area contributed by atoms with Crippen LogP contribution in [-0.4, -0.2) is 23.3 Å². The molecular formula is C20H18N2O2. The molecule has 0 spiro atoms. The van der Waals surface area contributed by atoms with Gasteiger partial charge in [-0.05, 0) is 36.1 Å². The average molecular weight is 318 g/mol. The van der Waals surface area contributed by atoms with E-state index in [1.54, 1.807) is 0 Å². The number of hydrogen-bond acceptors (Lipinski definition) is 2. The van der Waals surface area contributed by atoms with E-state index in [4.69, 9.17) is 0 Å². The predicted octanol–water partition coefficient (Wildman–Crippen LogP) is 3.46. The third-order valence-electron chi connectivity index (χ3n) is 5.57. The van der Waals surface area contributed by atoms with Crippen LogP contribution in [0, 0.1) is 0 Å². The van der Waals surface area contributed by atoms with Crippen LogP contribution in [0.5, 0.6) is 0 Å². The number of amides is 2. The second kappa shape index (κ2) is 4.94. The summed E-state index contributed by atoms with van der Waals surface area (Å²) in [7, 11) is 0. The van der Waals surface area contributed by atoms with Crippen molar-refractivity contribution in [2.24, 2.45) is 0 Å². The largest absolute Gasteiger partial charge is 0.335 e. The van der Waals surface area contributed by atoms with E-state index in [1.807, 2.05) is 46.2 Å². The average Bonchev–Trinajstić information content (AvgIpc) is 3.17. The van der Waals surface area contributed by atoms with E-state index >= 15 is 0 Å². The maximum absolute atomic E-state index is 12.9. The molecule has 0 aliphatic carbocycles. The number of hydrogen-bond donors (Lipinski definition) is 0. The molecule has 0 saturated carbocycles. The van der Waals surface area contributed by atoms with E-state index in [-0.39, 0.29) is 23.9 Å². The smallest absolute Gasteiger partial charge is 0.259 e. The molecule has 1 fully saturated rings. The lowest BCUT2D eigenvalue weighted by atomic mass is 9.88. The quantitative estimate of drug-likeness (QED) is 0.808. The number of para-hydroxylation sites is 1. The summed E-state index contributed by atoms with van der Waals surface area (Å²) in [6, 6.07) is 16.0. The van der Waals surface area contributed by atoms with Crippen molar-refractivity contribution >= 4 is 17.5 Å². The molecule has 120 valence electrons. The Morgan fingerprint density at radius 1 is 0.875 bits per heavy atom. The number of rotatable bonds is 1. The van der Waals surface area contributed by atoms with Crippen LogP contribution in [0.4, 0.5) is 5.69 Å². The number of carbonyl (C=O) groups is 2. The first-order valence-corrected chi connectivity index (χ1v) is 8.56. The van der Waals surface area contributed by atoms with Crippen molar-refractivity contribution in [3.05, 3.63) is 65.2 Å². The Balaban J connectivity index is 1.67. The second-order valence-corrected chi connectivity index (χ2v) is 6.78. The molecule has 24 heavy (non-hydrogen) atoms. The lowest BCUT2D eigenvalue weighted by molar-refractivity contribution is -0.130. The number of nitrogens with zero attached hydrogens (tertiary/aromatic N) is 2. The topological polar surface area (TPSA) is 40.6 Å². The van der Waals surface area contributed by atoms with Crippen LogP contribution >= 0.6 is 0 Å². The zero-order valence-electron chi connectivity index (χ0n) is 13.3. The van der Waals surface area contributed by atoms with Gasteiger partial charge < -0.3 is 9.80 Å². The van der Waals surface area contributed by atoms with Gasteiger partial charge in [-0.25, -0.2) is 0 Å². The molecule has 1 saturated heterocycles. The summed E-state index contributed by atoms with van der Waals surface area (Å²) in [5.41, 5.74) is 3.95. The molecule has 2 aromatic carbocycles. The van der Waals surface area contributed by atoms with Crippen molar-refractivity contribution in [3.63, 3.8) is 0 Å². The van der Waals surface area contributed by atoms with Gasteiger partial charge in [0.05, 0.1) is 12.1 Å². The SMILES string of the molecule is O=C1CCCN1[C@@H]1C[C@@H]2c3ccccc3C(=O)N2c2ccccc21. The van der Waals surface area contributed by atoms with Gasteiger partial charge in [0, 0.05) is 24.2 Å². The number of benzene rings is 2. The predicted molar refractivity (Wildman–Crippen MR) is 90.7 cm³/mol. The molecule has 2 atom stereocenters. The molecule has 2 amide bonds. The third-order valence-corrected chi connectivity index (χ3v) is 5.57. The minimum absolute atomic E-state index is 0.0296. The number of carbonyl (C=O) groups excluding carboxylic acids is 2. The Bertz CT molecular complexity index is 860. The van der Waals surface area contributed by atoms with Crippen LogP contribution < -0.4 is 4.90 Å². The molecule has 3 aliphatic rings. The summed E-state index contributed by atoms with van der Waals surface area (Å²) in [5.74, 6) is 0.315. The standard InChI is InChI=1S/C20H18N2O2/c23-19-10-5-11-21(19)17-12-18-13-6-1-2-7-14(13)20(24)22(18)16-9-4-3-8-15(16)17/h1-4,6-9,17-18H,5,10-12H2/t17-,18-/m1/s1. The van der Waals surface area contributed by atoms with Crippen molar-refractivity contribution in [1.29, 1.82) is 0 Å². The Kier molecular flexibility index (Phi) is 2.84. The molecule has 2 aromatic rings. The molecule has 0 bridgehead atoms. The minimum Gasteiger partial charge on any atom is -0.335 e. The minimum atomic E-state index is 0.0296. The van der Waals surface area contributed by atoms with E-state index in [2.05, 4.69) is 12.1 Å². The Hall–Kier alpha value is -2.62. The monoisotopic (exact) mass is 318 g/mol. The van der Waals surface area contributed by atoms with Gasteiger partial charge in [-0.3, -0.25) is 9.59 Å². The molecule has 5 rings (SSSR count). The molecule has 3 aliphatic heterocycles. The highest BCUT2D eigenvalue weighted by Gasteiger charge is 2.45. The van der Waals surface area contributed by atoms with Gasteiger partial charge >= 0.3 is 0 Å². The molecule has 4 heteroatoms. The van der Waals surface area contributed by atoms with Crippen molar-refractivity contribution in [1.82, 2.24) is 4.90 Å². The van der Waals surface area contributed by atoms with Crippen LogP contribution in [0.1, 0.15) is 52.8 Å². The van der Waals surface area contributed by atoms with Crippen LogP contribution in [-0.2, 0) is 4.79 Å². The number of fused-ring (bicyclic) bond motifs is 5. The highest BCUT2D eigenvalue weighted by atomic mass is 16.2. The fraction of sp³-hybridized carbons (Fsp3) is 0.300. The molecule has 4 nitrogen and oxygen atoms in total. The van der Waals surface area contributed by atoms with E-state index in [1.165, 1.54) is 0 Å². The summed E-state index contributed by atoms with van der Waals surface area (Å²) in [6.07, 6.45) is 2.36. The first-order valence-electron chi connectivity index (χ1n) is 8.56. The zero-order chi connectivity index (χ0) is 16.3. The third kappa shape index (κ3) is 1.74. The van der Waals surface area contributed by atoms with E-state index in [0.29, 0.717) is 6.42 Å². The maximum atomic E-state index is 12.9. The fourth-order valence-electron chi connectivity index (χ4n) is 4.52. The number of anilines is 1. The van der Waals surface area contributed by atoms with Crippen LogP contribution in [0.15, 0.2) is 48.5 Å². The number of likely N-dealkylation sites (tertiary alicyclic amines) is 1. The van der Waals surface area contributed by atoms with Crippen molar-refractivity contribution in [2.45, 2.75) is 31.3 Å². The van der Waals surface area contributed by atoms with Crippen LogP contribution in [0.25, 0.3) is 0 Å². The molecular weight excluding hydrogens is 300 g/mol. The Labute approximate surface area is 140 Å². The molecule has 0 aromatic heterocycles. The zero-order valence-corrected chi connectivity index (χ0v) is 13.3. The van der Waals surface area contributed by atoms with Gasteiger partial charge in [-0.1, -0.05) is 36.4 Å². The highest BCUT2D eigenvalue weighted by molar-refractivity contribution is 6.11. The van der Waals surface area contributed by atoms with Crippen molar-refractivity contribution < 1.29 is 9.59 Å². The summed E-state index contributed by atoms with van der Waals surface area (Å²) in [4.78, 5) is 29.2. The van der Waals surface area contributed by atoms with E-state index < -0.39 is 0 Å². The summed E-state index contributed by atoms with van der Waals surface area (Å²) < 4.78 is 0. The van der Waals surface area contributed by atoms with Crippen LogP contribution in [0.2, 0.25) is 0 Å². The lowest BCUT2D eigenvalue weighted by Crippen LogP contribution is -2.40. The van der Waals surface area contributed by atoms with Gasteiger partial charge in [0.2, 0.25) is 5.91 Å². The van der Waals surface area contributed by atoms with Gasteiger partial charge in [0.25, 0.3) is 5.91 Å². The van der Waals surface area contributed by atoms with E-state index in [0.717, 1.165) is 41.8 Å². The summed E-state index contributed by atoms with van der Waals surface area (Å²) in [5, 5.41) is 0. The first-order chi connectivity index (χ1) is 11.8. The normalized spacial score (nSPS) is 24.8. The first kappa shape index (κ1) is 13.8. The summed E-state index contributed by atoms with van der Waals surface area (Å²) >= 11 is 0. The lowest BCUT2D eigenvalue weighted by Gasteiger charge is -2.40. The maximum Gasteiger partial charge on any atom is 0.259 e. The fourth-order valence-corrected chi connectivity index (χ4v) is 4.52. The summed E-state index contributed by atoms with van der Waals surface area (Å²) in [6.45, 7) is 0.820. The van der Waals surface area contributed by atoms with Gasteiger partial charge in [-0.15, -0.1) is 0 Å². The molecule has 0 unspecified atom stereocenters. The van der Waals surface area contributed by atoms with E-state index in [9.17, 15) is 9.59 Å². The van der Waals surface area contributed by atoms with Gasteiger partial charge in [0.1, 0.15) is 0 Å². The van der Waals surface area contributed by atoms with Crippen LogP contribution in [0.3, 0.4) is 0 Å². The second-order valence-electron chi connectivity index (χ2n) is 6.78.